The van der Waals surface area contributed by atoms with Crippen molar-refractivity contribution in [3.8, 4) is 0 Å². The van der Waals surface area contributed by atoms with Crippen LogP contribution < -0.4 is 10.5 Å². The Balaban J connectivity index is 2.07. The van der Waals surface area contributed by atoms with Gasteiger partial charge in [0.2, 0.25) is 10.0 Å². The third-order valence-corrected chi connectivity index (χ3v) is 5.74. The number of benzene rings is 1. The number of anilines is 1. The quantitative estimate of drug-likeness (QED) is 0.750. The minimum atomic E-state index is -3.59. The summed E-state index contributed by atoms with van der Waals surface area (Å²) in [5, 5.41) is 0. The van der Waals surface area contributed by atoms with Crippen LogP contribution in [-0.4, -0.2) is 64.5 Å². The fourth-order valence-corrected chi connectivity index (χ4v) is 3.93. The van der Waals surface area contributed by atoms with Crippen LogP contribution in [0.25, 0.3) is 0 Å². The van der Waals surface area contributed by atoms with E-state index >= 15 is 0 Å². The average molecular weight is 377 g/mol. The van der Waals surface area contributed by atoms with Gasteiger partial charge in [0.25, 0.3) is 0 Å². The summed E-state index contributed by atoms with van der Waals surface area (Å²) in [7, 11) is 0.468. The molecular weight excluding hydrogens is 356 g/mol. The number of likely N-dealkylation sites (N-methyl/N-ethyl adjacent to an activating group) is 2. The maximum atomic E-state index is 12.4. The summed E-state index contributed by atoms with van der Waals surface area (Å²) in [5.74, 6) is 0. The van der Waals surface area contributed by atoms with Crippen molar-refractivity contribution >= 4 is 31.6 Å². The topological polar surface area (TPSA) is 78.7 Å². The number of hydrogen-bond donors (Lipinski definition) is 2. The van der Waals surface area contributed by atoms with Crippen molar-refractivity contribution in [3.05, 3.63) is 22.7 Å². The van der Waals surface area contributed by atoms with E-state index in [9.17, 15) is 8.42 Å². The first-order valence-electron chi connectivity index (χ1n) is 6.73. The Morgan fingerprint density at radius 2 is 2.10 bits per heavy atom. The van der Waals surface area contributed by atoms with Crippen molar-refractivity contribution in [2.45, 2.75) is 10.9 Å². The zero-order valence-corrected chi connectivity index (χ0v) is 14.6. The summed E-state index contributed by atoms with van der Waals surface area (Å²) in [6.45, 7) is 3.15. The summed E-state index contributed by atoms with van der Waals surface area (Å²) < 4.78 is 28.1. The molecule has 21 heavy (non-hydrogen) atoms. The van der Waals surface area contributed by atoms with Crippen LogP contribution in [0.2, 0.25) is 0 Å². The van der Waals surface area contributed by atoms with E-state index in [4.69, 9.17) is 5.73 Å². The summed E-state index contributed by atoms with van der Waals surface area (Å²) in [6, 6.07) is 4.94. The number of nitrogen functional groups attached to an aromatic ring is 1. The molecule has 2 rings (SSSR count). The van der Waals surface area contributed by atoms with Crippen LogP contribution in [0.15, 0.2) is 27.6 Å². The molecule has 1 fully saturated rings. The fraction of sp³-hybridized carbons (Fsp3) is 0.538. The Morgan fingerprint density at radius 1 is 1.38 bits per heavy atom. The van der Waals surface area contributed by atoms with Crippen LogP contribution in [0.5, 0.6) is 0 Å². The smallest absolute Gasteiger partial charge is 0.242 e. The van der Waals surface area contributed by atoms with Gasteiger partial charge in [-0.3, -0.25) is 4.90 Å². The number of nitrogens with one attached hydrogen (secondary N) is 1. The van der Waals surface area contributed by atoms with Gasteiger partial charge in [0.1, 0.15) is 4.90 Å². The molecule has 0 radical (unpaired) electrons. The van der Waals surface area contributed by atoms with Gasteiger partial charge in [-0.15, -0.1) is 0 Å². The molecule has 1 aliphatic heterocycles. The molecule has 0 aliphatic carbocycles. The van der Waals surface area contributed by atoms with Crippen molar-refractivity contribution in [3.63, 3.8) is 0 Å². The molecule has 0 bridgehead atoms. The molecule has 3 N–H and O–H groups in total. The normalized spacial score (nSPS) is 21.6. The molecule has 1 unspecified atom stereocenters. The van der Waals surface area contributed by atoms with Gasteiger partial charge in [-0.2, -0.15) is 0 Å². The van der Waals surface area contributed by atoms with Crippen molar-refractivity contribution in [1.29, 1.82) is 0 Å². The molecule has 0 spiro atoms. The third kappa shape index (κ3) is 4.17. The second-order valence-electron chi connectivity index (χ2n) is 5.43. The Hall–Kier alpha value is -0.670. The molecule has 1 aliphatic rings. The number of piperazine rings is 1. The predicted molar refractivity (Wildman–Crippen MR) is 87.7 cm³/mol. The van der Waals surface area contributed by atoms with Gasteiger partial charge in [-0.25, -0.2) is 13.1 Å². The molecule has 8 heteroatoms. The van der Waals surface area contributed by atoms with E-state index in [0.717, 1.165) is 24.1 Å². The van der Waals surface area contributed by atoms with E-state index in [2.05, 4.69) is 30.5 Å². The number of sulfonamides is 1. The summed E-state index contributed by atoms with van der Waals surface area (Å²) >= 11 is 3.27. The van der Waals surface area contributed by atoms with Crippen molar-refractivity contribution in [1.82, 2.24) is 14.5 Å². The Kier molecular flexibility index (Phi) is 5.26. The minimum Gasteiger partial charge on any atom is -0.398 e. The van der Waals surface area contributed by atoms with Crippen LogP contribution in [0.4, 0.5) is 5.69 Å². The average Bonchev–Trinajstić information content (AvgIpc) is 2.39. The Bertz CT molecular complexity index is 608. The van der Waals surface area contributed by atoms with E-state index in [1.165, 1.54) is 6.07 Å². The van der Waals surface area contributed by atoms with Gasteiger partial charge in [0.15, 0.2) is 0 Å². The molecular formula is C13H21BrN4O2S. The molecule has 1 saturated heterocycles. The lowest BCUT2D eigenvalue weighted by atomic mass is 10.2. The van der Waals surface area contributed by atoms with Gasteiger partial charge in [0, 0.05) is 36.7 Å². The van der Waals surface area contributed by atoms with Crippen LogP contribution in [0, 0.1) is 0 Å². The Labute approximate surface area is 134 Å². The lowest BCUT2D eigenvalue weighted by Crippen LogP contribution is -2.54. The SMILES string of the molecule is CN1CCN(C)C(CNS(=O)(=O)c2ccc(Br)cc2N)C1. The molecule has 0 saturated carbocycles. The lowest BCUT2D eigenvalue weighted by molar-refractivity contribution is 0.117. The van der Waals surface area contributed by atoms with E-state index in [1.807, 2.05) is 14.1 Å². The molecule has 1 heterocycles. The highest BCUT2D eigenvalue weighted by molar-refractivity contribution is 9.10. The van der Waals surface area contributed by atoms with Gasteiger partial charge >= 0.3 is 0 Å². The highest BCUT2D eigenvalue weighted by Crippen LogP contribution is 2.22. The summed E-state index contributed by atoms with van der Waals surface area (Å²) in [5.41, 5.74) is 6.04. The van der Waals surface area contributed by atoms with Crippen LogP contribution >= 0.6 is 15.9 Å². The summed E-state index contributed by atoms with van der Waals surface area (Å²) in [6.07, 6.45) is 0. The largest absolute Gasteiger partial charge is 0.398 e. The number of halogens is 1. The number of nitrogens with zero attached hydrogens (tertiary/aromatic N) is 2. The maximum absolute atomic E-state index is 12.4. The molecule has 0 amide bonds. The molecule has 1 atom stereocenters. The van der Waals surface area contributed by atoms with Crippen molar-refractivity contribution in [2.75, 3.05) is 46.0 Å². The summed E-state index contributed by atoms with van der Waals surface area (Å²) in [4.78, 5) is 4.50. The lowest BCUT2D eigenvalue weighted by Gasteiger charge is -2.37. The molecule has 118 valence electrons. The molecule has 1 aromatic rings. The third-order valence-electron chi connectivity index (χ3n) is 3.75. The van der Waals surface area contributed by atoms with Crippen molar-refractivity contribution < 1.29 is 8.42 Å². The van der Waals surface area contributed by atoms with Crippen molar-refractivity contribution in [2.24, 2.45) is 0 Å². The highest BCUT2D eigenvalue weighted by Gasteiger charge is 2.25. The molecule has 6 nitrogen and oxygen atoms in total. The highest BCUT2D eigenvalue weighted by atomic mass is 79.9. The number of nitrogens with two attached hydrogens (primary N) is 1. The zero-order valence-electron chi connectivity index (χ0n) is 12.2. The first kappa shape index (κ1) is 16.7. The monoisotopic (exact) mass is 376 g/mol. The second-order valence-corrected chi connectivity index (χ2v) is 8.08. The minimum absolute atomic E-state index is 0.123. The number of hydrogen-bond acceptors (Lipinski definition) is 5. The van der Waals surface area contributed by atoms with E-state index in [0.29, 0.717) is 6.54 Å². The first-order chi connectivity index (χ1) is 9.79. The van der Waals surface area contributed by atoms with Crippen LogP contribution in [-0.2, 0) is 10.0 Å². The van der Waals surface area contributed by atoms with E-state index < -0.39 is 10.0 Å². The second kappa shape index (κ2) is 6.62. The fourth-order valence-electron chi connectivity index (χ4n) is 2.37. The predicted octanol–water partition coefficient (Wildman–Crippen LogP) is 0.555. The van der Waals surface area contributed by atoms with Crippen LogP contribution in [0.1, 0.15) is 0 Å². The van der Waals surface area contributed by atoms with E-state index in [-0.39, 0.29) is 16.6 Å². The Morgan fingerprint density at radius 3 is 2.76 bits per heavy atom. The van der Waals surface area contributed by atoms with Gasteiger partial charge in [0.05, 0.1) is 5.69 Å². The zero-order chi connectivity index (χ0) is 15.6. The number of rotatable bonds is 4. The van der Waals surface area contributed by atoms with Gasteiger partial charge in [-0.05, 0) is 32.3 Å². The van der Waals surface area contributed by atoms with Crippen LogP contribution in [0.3, 0.4) is 0 Å². The van der Waals surface area contributed by atoms with E-state index in [1.54, 1.807) is 12.1 Å². The van der Waals surface area contributed by atoms with Gasteiger partial charge < -0.3 is 10.6 Å². The maximum Gasteiger partial charge on any atom is 0.242 e. The molecule has 0 aromatic heterocycles. The standard InChI is InChI=1S/C13H21BrN4O2S/c1-17-5-6-18(2)11(9-17)8-16-21(19,20)13-4-3-10(14)7-12(13)15/h3-4,7,11,16H,5-6,8-9,15H2,1-2H3. The first-order valence-corrected chi connectivity index (χ1v) is 9.00. The van der Waals surface area contributed by atoms with Gasteiger partial charge in [-0.1, -0.05) is 15.9 Å². The molecule has 1 aromatic carbocycles.